The van der Waals surface area contributed by atoms with E-state index in [1.165, 1.54) is 66.1 Å². The molecule has 0 heterocycles. The van der Waals surface area contributed by atoms with Crippen LogP contribution in [-0.2, 0) is 0 Å². The molecule has 0 fully saturated rings. The maximum absolute atomic E-state index is 7.11. The van der Waals surface area contributed by atoms with Gasteiger partial charge in [-0.25, -0.2) is 0 Å². The molecule has 0 saturated heterocycles. The predicted molar refractivity (Wildman–Crippen MR) is 173 cm³/mol. The fraction of sp³-hybridized carbons (Fsp3) is 0. The Kier molecular flexibility index (Phi) is 3.88. The van der Waals surface area contributed by atoms with E-state index >= 15 is 0 Å². The van der Waals surface area contributed by atoms with E-state index in [1.807, 2.05) is 0 Å². The number of hydrogen-bond acceptors (Lipinski definition) is 0. The first kappa shape index (κ1) is 21.5. The Balaban J connectivity index is 1.33. The van der Waals surface area contributed by atoms with Gasteiger partial charge in [0.2, 0.25) is 0 Å². The summed E-state index contributed by atoms with van der Waals surface area (Å²) in [6.45, 7) is 0. The quantitative estimate of drug-likeness (QED) is 0.166. The van der Waals surface area contributed by atoms with E-state index in [0.717, 1.165) is 42.4 Å². The zero-order valence-corrected chi connectivity index (χ0v) is 22.7. The molecule has 10 rings (SSSR count). The molecule has 0 atom stereocenters. The van der Waals surface area contributed by atoms with Crippen LogP contribution in [0.15, 0.2) is 109 Å². The molecule has 2 aliphatic carbocycles. The van der Waals surface area contributed by atoms with E-state index in [-0.39, 0.29) is 0 Å². The van der Waals surface area contributed by atoms with Crippen molar-refractivity contribution in [2.75, 3.05) is 0 Å². The van der Waals surface area contributed by atoms with Crippen molar-refractivity contribution in [3.8, 4) is 44.5 Å². The Bertz CT molecular complexity index is 2310. The summed E-state index contributed by atoms with van der Waals surface area (Å²) >= 11 is 14.2. The minimum absolute atomic E-state index is 0.767. The molecule has 40 heavy (non-hydrogen) atoms. The average molecular weight is 545 g/mol. The Morgan fingerprint density at radius 1 is 0.300 bits per heavy atom. The van der Waals surface area contributed by atoms with Gasteiger partial charge in [0.1, 0.15) is 0 Å². The monoisotopic (exact) mass is 544 g/mol. The van der Waals surface area contributed by atoms with Crippen molar-refractivity contribution < 1.29 is 0 Å². The van der Waals surface area contributed by atoms with Crippen LogP contribution in [0.5, 0.6) is 0 Å². The van der Waals surface area contributed by atoms with Crippen molar-refractivity contribution in [1.29, 1.82) is 0 Å². The summed E-state index contributed by atoms with van der Waals surface area (Å²) in [4.78, 5) is 0. The minimum atomic E-state index is 0.767. The first-order valence-corrected chi connectivity index (χ1v) is 14.3. The Labute approximate surface area is 240 Å². The van der Waals surface area contributed by atoms with Crippen LogP contribution in [0.25, 0.3) is 98.4 Å². The number of rotatable bonds is 0. The molecule has 0 bridgehead atoms. The van der Waals surface area contributed by atoms with Crippen LogP contribution in [0.1, 0.15) is 0 Å². The summed E-state index contributed by atoms with van der Waals surface area (Å²) in [5.41, 5.74) is 10.1. The van der Waals surface area contributed by atoms with Crippen LogP contribution in [0.4, 0.5) is 0 Å². The molecule has 2 aliphatic rings. The van der Waals surface area contributed by atoms with Gasteiger partial charge in [-0.15, -0.1) is 0 Å². The third-order valence-electron chi connectivity index (χ3n) is 9.21. The predicted octanol–water partition coefficient (Wildman–Crippen LogP) is 12.1. The molecular formula is C38H18Cl2. The molecule has 0 spiro atoms. The number of halogens is 2. The molecule has 0 unspecified atom stereocenters. The first-order chi connectivity index (χ1) is 19.7. The molecule has 0 aromatic heterocycles. The molecule has 8 aromatic carbocycles. The maximum Gasteiger partial charge on any atom is 0.0491 e. The van der Waals surface area contributed by atoms with Crippen LogP contribution in [0.2, 0.25) is 10.0 Å². The SMILES string of the molecule is Clc1cc2c3cc4c(cc3c(Cl)cc2c2cc3c(cc12)-c1cccc2cccc-3c12)-c1cccc2cccc-4c12. The van der Waals surface area contributed by atoms with Crippen LogP contribution >= 0.6 is 23.2 Å². The molecule has 0 nitrogen and oxygen atoms in total. The lowest BCUT2D eigenvalue weighted by atomic mass is 9.91. The molecule has 8 aromatic rings. The number of benzene rings is 8. The van der Waals surface area contributed by atoms with Gasteiger partial charge < -0.3 is 0 Å². The maximum atomic E-state index is 7.11. The fourth-order valence-corrected chi connectivity index (χ4v) is 8.05. The zero-order chi connectivity index (χ0) is 26.3. The van der Waals surface area contributed by atoms with Crippen molar-refractivity contribution in [1.82, 2.24) is 0 Å². The molecule has 0 saturated carbocycles. The zero-order valence-electron chi connectivity index (χ0n) is 21.1. The van der Waals surface area contributed by atoms with Gasteiger partial charge >= 0.3 is 0 Å². The number of fused-ring (bicyclic) bond motifs is 11. The van der Waals surface area contributed by atoms with Crippen molar-refractivity contribution in [2.45, 2.75) is 0 Å². The highest BCUT2D eigenvalue weighted by atomic mass is 35.5. The second kappa shape index (κ2) is 7.23. The van der Waals surface area contributed by atoms with E-state index in [4.69, 9.17) is 23.2 Å². The highest BCUT2D eigenvalue weighted by molar-refractivity contribution is 6.42. The van der Waals surface area contributed by atoms with Crippen LogP contribution in [0.3, 0.4) is 0 Å². The van der Waals surface area contributed by atoms with Gasteiger partial charge in [-0.2, -0.15) is 0 Å². The lowest BCUT2D eigenvalue weighted by molar-refractivity contribution is 1.74. The van der Waals surface area contributed by atoms with Crippen LogP contribution in [-0.4, -0.2) is 0 Å². The van der Waals surface area contributed by atoms with Gasteiger partial charge in [-0.05, 0) is 124 Å². The Morgan fingerprint density at radius 3 is 0.950 bits per heavy atom. The topological polar surface area (TPSA) is 0 Å². The van der Waals surface area contributed by atoms with Crippen molar-refractivity contribution in [2.24, 2.45) is 0 Å². The summed E-state index contributed by atoms with van der Waals surface area (Å²) in [5, 5.41) is 13.4. The van der Waals surface area contributed by atoms with E-state index in [2.05, 4.69) is 109 Å². The van der Waals surface area contributed by atoms with Gasteiger partial charge in [-0.3, -0.25) is 0 Å². The molecule has 0 aliphatic heterocycles. The normalized spacial score (nSPS) is 12.8. The standard InChI is InChI=1S/C38H18Cl2/c39-35-18-32-30-14-26-22-10-2-6-20-8-4-12-24(38(20)22)28(26)16-34(30)36(40)17-31(32)29-13-25-21-9-1-5-19-7-3-11-23(37(19)21)27(25)15-33(29)35/h1-18H. The summed E-state index contributed by atoms with van der Waals surface area (Å²) in [6.07, 6.45) is 0. The van der Waals surface area contributed by atoms with Crippen molar-refractivity contribution >= 4 is 77.1 Å². The highest BCUT2D eigenvalue weighted by Gasteiger charge is 2.25. The van der Waals surface area contributed by atoms with Gasteiger partial charge in [0.25, 0.3) is 0 Å². The van der Waals surface area contributed by atoms with E-state index in [9.17, 15) is 0 Å². The fourth-order valence-electron chi connectivity index (χ4n) is 7.52. The Hall–Kier alpha value is -4.36. The molecule has 0 radical (unpaired) electrons. The van der Waals surface area contributed by atoms with Crippen LogP contribution in [0, 0.1) is 0 Å². The largest absolute Gasteiger partial charge is 0.0836 e. The van der Waals surface area contributed by atoms with E-state index < -0.39 is 0 Å². The summed E-state index contributed by atoms with van der Waals surface area (Å²) in [7, 11) is 0. The third kappa shape index (κ3) is 2.50. The summed E-state index contributed by atoms with van der Waals surface area (Å²) < 4.78 is 0. The van der Waals surface area contributed by atoms with Gasteiger partial charge in [0.15, 0.2) is 0 Å². The smallest absolute Gasteiger partial charge is 0.0491 e. The van der Waals surface area contributed by atoms with Crippen LogP contribution < -0.4 is 0 Å². The van der Waals surface area contributed by atoms with Gasteiger partial charge in [0, 0.05) is 20.8 Å². The van der Waals surface area contributed by atoms with Crippen molar-refractivity contribution in [3.63, 3.8) is 0 Å². The second-order valence-electron chi connectivity index (χ2n) is 11.1. The van der Waals surface area contributed by atoms with E-state index in [0.29, 0.717) is 0 Å². The van der Waals surface area contributed by atoms with Crippen molar-refractivity contribution in [3.05, 3.63) is 119 Å². The molecule has 184 valence electrons. The molecule has 0 amide bonds. The summed E-state index contributed by atoms with van der Waals surface area (Å²) in [6, 6.07) is 39.8. The van der Waals surface area contributed by atoms with Gasteiger partial charge in [0.05, 0.1) is 0 Å². The minimum Gasteiger partial charge on any atom is -0.0836 e. The molecule has 0 N–H and O–H groups in total. The average Bonchev–Trinajstić information content (AvgIpc) is 3.48. The first-order valence-electron chi connectivity index (χ1n) is 13.6. The van der Waals surface area contributed by atoms with Gasteiger partial charge in [-0.1, -0.05) is 96.0 Å². The molecular weight excluding hydrogens is 527 g/mol. The highest BCUT2D eigenvalue weighted by Crippen LogP contribution is 2.53. The summed E-state index contributed by atoms with van der Waals surface area (Å²) in [5.74, 6) is 0. The third-order valence-corrected chi connectivity index (χ3v) is 9.84. The lowest BCUT2D eigenvalue weighted by Gasteiger charge is -2.15. The number of hydrogen-bond donors (Lipinski definition) is 0. The van der Waals surface area contributed by atoms with E-state index in [1.54, 1.807) is 0 Å². The lowest BCUT2D eigenvalue weighted by Crippen LogP contribution is -1.87. The Morgan fingerprint density at radius 2 is 0.600 bits per heavy atom. The molecule has 2 heteroatoms. The second-order valence-corrected chi connectivity index (χ2v) is 11.9.